The Bertz CT molecular complexity index is 363. The summed E-state index contributed by atoms with van der Waals surface area (Å²) in [5.74, 6) is 0. The zero-order valence-corrected chi connectivity index (χ0v) is 13.5. The molecule has 1 aliphatic rings. The van der Waals surface area contributed by atoms with Crippen molar-refractivity contribution in [1.82, 2.24) is 15.2 Å². The van der Waals surface area contributed by atoms with Crippen LogP contribution in [0.4, 0.5) is 5.13 Å². The van der Waals surface area contributed by atoms with Gasteiger partial charge in [0.1, 0.15) is 0 Å². The summed E-state index contributed by atoms with van der Waals surface area (Å²) in [4.78, 5) is 9.30. The number of nitrogens with one attached hydrogen (secondary N) is 1. The Morgan fingerprint density at radius 1 is 1.35 bits per heavy atom. The first kappa shape index (κ1) is 15.7. The third kappa shape index (κ3) is 4.41. The van der Waals surface area contributed by atoms with Gasteiger partial charge < -0.3 is 15.0 Å². The number of anilines is 1. The Balaban J connectivity index is 1.83. The number of methoxy groups -OCH3 is 1. The molecule has 1 unspecified atom stereocenters. The highest BCUT2D eigenvalue weighted by atomic mass is 32.1. The topological polar surface area (TPSA) is 40.6 Å². The van der Waals surface area contributed by atoms with Crippen LogP contribution < -0.4 is 10.2 Å². The summed E-state index contributed by atoms with van der Waals surface area (Å²) in [6, 6.07) is 0.979. The van der Waals surface area contributed by atoms with Gasteiger partial charge in [-0.3, -0.25) is 4.90 Å². The maximum absolute atomic E-state index is 5.38. The first-order valence-electron chi connectivity index (χ1n) is 7.31. The summed E-state index contributed by atoms with van der Waals surface area (Å²) in [6.07, 6.45) is 1.88. The molecule has 0 radical (unpaired) electrons. The average Bonchev–Trinajstić information content (AvgIpc) is 2.97. The van der Waals surface area contributed by atoms with Crippen molar-refractivity contribution in [2.45, 2.75) is 25.9 Å². The van der Waals surface area contributed by atoms with E-state index in [0.29, 0.717) is 12.1 Å². The van der Waals surface area contributed by atoms with Gasteiger partial charge in [-0.15, -0.1) is 11.3 Å². The van der Waals surface area contributed by atoms with Crippen LogP contribution in [0.3, 0.4) is 0 Å². The third-order valence-corrected chi connectivity index (χ3v) is 4.47. The molecular weight excluding hydrogens is 272 g/mol. The second kappa shape index (κ2) is 7.93. The minimum atomic E-state index is 0.459. The highest BCUT2D eigenvalue weighted by molar-refractivity contribution is 7.13. The quantitative estimate of drug-likeness (QED) is 0.821. The number of ether oxygens (including phenoxy) is 1. The lowest BCUT2D eigenvalue weighted by Crippen LogP contribution is -2.54. The van der Waals surface area contributed by atoms with Gasteiger partial charge in [-0.1, -0.05) is 13.8 Å². The van der Waals surface area contributed by atoms with E-state index in [-0.39, 0.29) is 0 Å². The minimum Gasteiger partial charge on any atom is -0.383 e. The Hall–Kier alpha value is -0.690. The van der Waals surface area contributed by atoms with Crippen molar-refractivity contribution >= 4 is 16.5 Å². The summed E-state index contributed by atoms with van der Waals surface area (Å²) in [5.41, 5.74) is 0. The van der Waals surface area contributed by atoms with E-state index >= 15 is 0 Å². The van der Waals surface area contributed by atoms with Gasteiger partial charge in [0.25, 0.3) is 0 Å². The van der Waals surface area contributed by atoms with Gasteiger partial charge in [0.2, 0.25) is 0 Å². The van der Waals surface area contributed by atoms with Crippen LogP contribution in [0.25, 0.3) is 0 Å². The zero-order chi connectivity index (χ0) is 14.4. The summed E-state index contributed by atoms with van der Waals surface area (Å²) in [7, 11) is 1.79. The highest BCUT2D eigenvalue weighted by Gasteiger charge is 2.24. The Labute approximate surface area is 125 Å². The monoisotopic (exact) mass is 298 g/mol. The van der Waals surface area contributed by atoms with Crippen LogP contribution in [0.1, 0.15) is 13.8 Å². The molecule has 1 atom stereocenters. The molecule has 5 nitrogen and oxygen atoms in total. The van der Waals surface area contributed by atoms with Gasteiger partial charge in [0.15, 0.2) is 5.13 Å². The zero-order valence-electron chi connectivity index (χ0n) is 12.7. The Morgan fingerprint density at radius 2 is 2.10 bits per heavy atom. The fraction of sp³-hybridized carbons (Fsp3) is 0.786. The molecule has 1 aromatic heterocycles. The predicted octanol–water partition coefficient (Wildman–Crippen LogP) is 1.28. The van der Waals surface area contributed by atoms with Crippen LogP contribution >= 0.6 is 11.3 Å². The number of nitrogens with zero attached hydrogens (tertiary/aromatic N) is 3. The SMILES string of the molecule is COCC(CNC(C)C)N1CCN(c2nccs2)CC1. The maximum atomic E-state index is 5.38. The first-order valence-corrected chi connectivity index (χ1v) is 8.19. The van der Waals surface area contributed by atoms with E-state index in [1.165, 1.54) is 0 Å². The van der Waals surface area contributed by atoms with Crippen LogP contribution in [-0.4, -0.2) is 68.4 Å². The summed E-state index contributed by atoms with van der Waals surface area (Å²) in [5, 5.41) is 6.71. The van der Waals surface area contributed by atoms with Crippen molar-refractivity contribution in [2.24, 2.45) is 0 Å². The molecule has 1 N–H and O–H groups in total. The van der Waals surface area contributed by atoms with E-state index in [0.717, 1.165) is 44.5 Å². The molecule has 1 saturated heterocycles. The van der Waals surface area contributed by atoms with Crippen molar-refractivity contribution in [3.63, 3.8) is 0 Å². The van der Waals surface area contributed by atoms with E-state index in [2.05, 4.69) is 33.9 Å². The van der Waals surface area contributed by atoms with Crippen LogP contribution in [0.5, 0.6) is 0 Å². The van der Waals surface area contributed by atoms with Crippen molar-refractivity contribution in [2.75, 3.05) is 51.3 Å². The van der Waals surface area contributed by atoms with Gasteiger partial charge in [-0.25, -0.2) is 4.98 Å². The molecule has 0 aromatic carbocycles. The molecule has 1 aromatic rings. The molecule has 0 saturated carbocycles. The molecule has 0 spiro atoms. The molecule has 0 bridgehead atoms. The lowest BCUT2D eigenvalue weighted by molar-refractivity contribution is 0.0841. The molecular formula is C14H26N4OS. The molecule has 0 aliphatic carbocycles. The van der Waals surface area contributed by atoms with Gasteiger partial charge in [-0.05, 0) is 0 Å². The van der Waals surface area contributed by atoms with Crippen LogP contribution in [0, 0.1) is 0 Å². The number of hydrogen-bond donors (Lipinski definition) is 1. The number of hydrogen-bond acceptors (Lipinski definition) is 6. The fourth-order valence-electron chi connectivity index (χ4n) is 2.51. The fourth-order valence-corrected chi connectivity index (χ4v) is 3.20. The third-order valence-electron chi connectivity index (χ3n) is 3.64. The van der Waals surface area contributed by atoms with E-state index in [1.807, 2.05) is 11.6 Å². The van der Waals surface area contributed by atoms with E-state index in [9.17, 15) is 0 Å². The molecule has 2 heterocycles. The molecule has 1 fully saturated rings. The van der Waals surface area contributed by atoms with Gasteiger partial charge in [0.05, 0.1) is 6.61 Å². The van der Waals surface area contributed by atoms with Gasteiger partial charge in [0, 0.05) is 63.5 Å². The summed E-state index contributed by atoms with van der Waals surface area (Å²) < 4.78 is 5.38. The van der Waals surface area contributed by atoms with Gasteiger partial charge >= 0.3 is 0 Å². The van der Waals surface area contributed by atoms with E-state index in [1.54, 1.807) is 18.4 Å². The van der Waals surface area contributed by atoms with Crippen molar-refractivity contribution < 1.29 is 4.74 Å². The van der Waals surface area contributed by atoms with Crippen molar-refractivity contribution in [3.05, 3.63) is 11.6 Å². The van der Waals surface area contributed by atoms with Crippen LogP contribution in [-0.2, 0) is 4.74 Å². The Kier molecular flexibility index (Phi) is 6.22. The molecule has 2 rings (SSSR count). The predicted molar refractivity (Wildman–Crippen MR) is 84.7 cm³/mol. The van der Waals surface area contributed by atoms with Crippen LogP contribution in [0.2, 0.25) is 0 Å². The standard InChI is InChI=1S/C14H26N4OS/c1-12(2)16-10-13(11-19-3)17-5-7-18(8-6-17)14-15-4-9-20-14/h4,9,12-13,16H,5-8,10-11H2,1-3H3. The normalized spacial score (nSPS) is 18.7. The molecule has 0 amide bonds. The second-order valence-corrected chi connectivity index (χ2v) is 6.38. The summed E-state index contributed by atoms with van der Waals surface area (Å²) in [6.45, 7) is 10.4. The van der Waals surface area contributed by atoms with Crippen molar-refractivity contribution in [3.8, 4) is 0 Å². The lowest BCUT2D eigenvalue weighted by Gasteiger charge is -2.39. The molecule has 20 heavy (non-hydrogen) atoms. The first-order chi connectivity index (χ1) is 9.70. The number of aromatic nitrogens is 1. The number of thiazole rings is 1. The smallest absolute Gasteiger partial charge is 0.185 e. The molecule has 114 valence electrons. The lowest BCUT2D eigenvalue weighted by atomic mass is 10.2. The minimum absolute atomic E-state index is 0.459. The molecule has 1 aliphatic heterocycles. The van der Waals surface area contributed by atoms with E-state index < -0.39 is 0 Å². The highest BCUT2D eigenvalue weighted by Crippen LogP contribution is 2.19. The summed E-state index contributed by atoms with van der Waals surface area (Å²) >= 11 is 1.72. The Morgan fingerprint density at radius 3 is 2.65 bits per heavy atom. The maximum Gasteiger partial charge on any atom is 0.185 e. The van der Waals surface area contributed by atoms with E-state index in [4.69, 9.17) is 4.74 Å². The second-order valence-electron chi connectivity index (χ2n) is 5.51. The largest absolute Gasteiger partial charge is 0.383 e. The molecule has 6 heteroatoms. The number of piperazine rings is 1. The van der Waals surface area contributed by atoms with Gasteiger partial charge in [-0.2, -0.15) is 0 Å². The van der Waals surface area contributed by atoms with Crippen LogP contribution in [0.15, 0.2) is 11.6 Å². The van der Waals surface area contributed by atoms with Crippen molar-refractivity contribution in [1.29, 1.82) is 0 Å². The number of rotatable bonds is 7. The average molecular weight is 298 g/mol.